The second-order valence-electron chi connectivity index (χ2n) is 4.88. The second-order valence-corrected chi connectivity index (χ2v) is 4.88. The van der Waals surface area contributed by atoms with E-state index in [1.54, 1.807) is 7.11 Å². The van der Waals surface area contributed by atoms with E-state index in [0.717, 1.165) is 19.4 Å². The highest BCUT2D eigenvalue weighted by atomic mass is 16.5. The molecule has 2 rings (SSSR count). The van der Waals surface area contributed by atoms with Crippen molar-refractivity contribution in [3.8, 4) is 5.75 Å². The summed E-state index contributed by atoms with van der Waals surface area (Å²) in [4.78, 5) is 11.9. The van der Waals surface area contributed by atoms with E-state index in [9.17, 15) is 4.79 Å². The van der Waals surface area contributed by atoms with Gasteiger partial charge in [0.25, 0.3) is 0 Å². The molecule has 0 spiro atoms. The van der Waals surface area contributed by atoms with Crippen LogP contribution < -0.4 is 20.7 Å². The fraction of sp³-hybridized carbons (Fsp3) is 0.500. The number of amides is 2. The lowest BCUT2D eigenvalue weighted by Crippen LogP contribution is -2.49. The molecule has 0 bridgehead atoms. The van der Waals surface area contributed by atoms with E-state index in [-0.39, 0.29) is 12.1 Å². The van der Waals surface area contributed by atoms with Crippen LogP contribution in [0, 0.1) is 0 Å². The molecule has 19 heavy (non-hydrogen) atoms. The van der Waals surface area contributed by atoms with Gasteiger partial charge in [0, 0.05) is 18.6 Å². The van der Waals surface area contributed by atoms with Crippen LogP contribution in [-0.4, -0.2) is 31.8 Å². The van der Waals surface area contributed by atoms with Gasteiger partial charge in [-0.1, -0.05) is 12.1 Å². The minimum Gasteiger partial charge on any atom is -0.495 e. The molecule has 1 aromatic rings. The molecule has 0 radical (unpaired) electrons. The molecule has 2 unspecified atom stereocenters. The quantitative estimate of drug-likeness (QED) is 0.781. The van der Waals surface area contributed by atoms with E-state index < -0.39 is 0 Å². The Morgan fingerprint density at radius 3 is 2.84 bits per heavy atom. The molecule has 1 saturated heterocycles. The van der Waals surface area contributed by atoms with Gasteiger partial charge in [-0.2, -0.15) is 0 Å². The number of nitrogens with one attached hydrogen (secondary N) is 3. The van der Waals surface area contributed by atoms with Gasteiger partial charge in [-0.25, -0.2) is 4.79 Å². The molecule has 1 fully saturated rings. The molecule has 1 aliphatic rings. The maximum absolute atomic E-state index is 11.9. The Morgan fingerprint density at radius 2 is 2.16 bits per heavy atom. The standard InChI is InChI=1S/C14H21N3O2/c1-10-7-8-11(9-15-10)16-14(18)17-12-5-3-4-6-13(12)19-2/h3-6,10-11,15H,7-9H2,1-2H3,(H2,16,17,18). The van der Waals surface area contributed by atoms with Crippen molar-refractivity contribution in [2.45, 2.75) is 31.8 Å². The number of hydrogen-bond acceptors (Lipinski definition) is 3. The van der Waals surface area contributed by atoms with Gasteiger partial charge in [-0.05, 0) is 31.9 Å². The molecule has 1 heterocycles. The summed E-state index contributed by atoms with van der Waals surface area (Å²) in [5.41, 5.74) is 0.680. The van der Waals surface area contributed by atoms with Gasteiger partial charge in [0.1, 0.15) is 5.75 Å². The number of benzene rings is 1. The highest BCUT2D eigenvalue weighted by Crippen LogP contribution is 2.22. The van der Waals surface area contributed by atoms with Crippen LogP contribution in [-0.2, 0) is 0 Å². The van der Waals surface area contributed by atoms with Crippen LogP contribution in [0.1, 0.15) is 19.8 Å². The largest absolute Gasteiger partial charge is 0.495 e. The Kier molecular flexibility index (Phi) is 4.63. The van der Waals surface area contributed by atoms with Gasteiger partial charge in [0.15, 0.2) is 0 Å². The van der Waals surface area contributed by atoms with Crippen molar-refractivity contribution in [2.24, 2.45) is 0 Å². The van der Waals surface area contributed by atoms with Gasteiger partial charge in [-0.15, -0.1) is 0 Å². The number of anilines is 1. The lowest BCUT2D eigenvalue weighted by atomic mass is 10.0. The van der Waals surface area contributed by atoms with E-state index in [1.807, 2.05) is 24.3 Å². The van der Waals surface area contributed by atoms with E-state index >= 15 is 0 Å². The maximum Gasteiger partial charge on any atom is 0.319 e. The molecule has 2 atom stereocenters. The van der Waals surface area contributed by atoms with Crippen molar-refractivity contribution in [2.75, 3.05) is 19.0 Å². The molecule has 0 aromatic heterocycles. The molecule has 5 nitrogen and oxygen atoms in total. The number of carbonyl (C=O) groups excluding carboxylic acids is 1. The average molecular weight is 263 g/mol. The third kappa shape index (κ3) is 3.86. The zero-order chi connectivity index (χ0) is 13.7. The highest BCUT2D eigenvalue weighted by molar-refractivity contribution is 5.91. The lowest BCUT2D eigenvalue weighted by molar-refractivity contribution is 0.243. The van der Waals surface area contributed by atoms with Crippen LogP contribution in [0.3, 0.4) is 0 Å². The number of carbonyl (C=O) groups is 1. The molecule has 0 saturated carbocycles. The fourth-order valence-corrected chi connectivity index (χ4v) is 2.21. The Bertz CT molecular complexity index is 428. The van der Waals surface area contributed by atoms with Crippen molar-refractivity contribution >= 4 is 11.7 Å². The molecular formula is C14H21N3O2. The Labute approximate surface area is 113 Å². The zero-order valence-electron chi connectivity index (χ0n) is 11.4. The van der Waals surface area contributed by atoms with Crippen molar-refractivity contribution in [3.63, 3.8) is 0 Å². The SMILES string of the molecule is COc1ccccc1NC(=O)NC1CCC(C)NC1. The minimum absolute atomic E-state index is 0.186. The molecule has 104 valence electrons. The van der Waals surface area contributed by atoms with Crippen LogP contribution in [0.15, 0.2) is 24.3 Å². The summed E-state index contributed by atoms with van der Waals surface area (Å²) in [7, 11) is 1.59. The lowest BCUT2D eigenvalue weighted by Gasteiger charge is -2.28. The van der Waals surface area contributed by atoms with Crippen LogP contribution in [0.2, 0.25) is 0 Å². The van der Waals surface area contributed by atoms with Gasteiger partial charge in [0.2, 0.25) is 0 Å². The second kappa shape index (κ2) is 6.43. The first-order chi connectivity index (χ1) is 9.19. The van der Waals surface area contributed by atoms with Gasteiger partial charge < -0.3 is 20.7 Å². The number of rotatable bonds is 3. The van der Waals surface area contributed by atoms with Crippen molar-refractivity contribution in [1.29, 1.82) is 0 Å². The summed E-state index contributed by atoms with van der Waals surface area (Å²) in [5, 5.41) is 9.14. The fourth-order valence-electron chi connectivity index (χ4n) is 2.21. The molecule has 2 amide bonds. The predicted octanol–water partition coefficient (Wildman–Crippen LogP) is 1.96. The summed E-state index contributed by atoms with van der Waals surface area (Å²) in [6.45, 7) is 2.98. The van der Waals surface area contributed by atoms with E-state index in [4.69, 9.17) is 4.74 Å². The first kappa shape index (κ1) is 13.7. The summed E-state index contributed by atoms with van der Waals surface area (Å²) < 4.78 is 5.20. The normalized spacial score (nSPS) is 22.6. The molecule has 0 aliphatic carbocycles. The number of ether oxygens (including phenoxy) is 1. The smallest absolute Gasteiger partial charge is 0.319 e. The van der Waals surface area contributed by atoms with Crippen molar-refractivity contribution in [1.82, 2.24) is 10.6 Å². The molecule has 1 aliphatic heterocycles. The van der Waals surface area contributed by atoms with Gasteiger partial charge in [0.05, 0.1) is 12.8 Å². The topological polar surface area (TPSA) is 62.4 Å². The summed E-state index contributed by atoms with van der Waals surface area (Å²) in [6, 6.07) is 7.90. The number of hydrogen-bond donors (Lipinski definition) is 3. The number of urea groups is 1. The first-order valence-corrected chi connectivity index (χ1v) is 6.63. The summed E-state index contributed by atoms with van der Waals surface area (Å²) >= 11 is 0. The highest BCUT2D eigenvalue weighted by Gasteiger charge is 2.19. The Morgan fingerprint density at radius 1 is 1.37 bits per heavy atom. The van der Waals surface area contributed by atoms with Gasteiger partial charge in [-0.3, -0.25) is 0 Å². The van der Waals surface area contributed by atoms with Gasteiger partial charge >= 0.3 is 6.03 Å². The molecule has 1 aromatic carbocycles. The number of piperidine rings is 1. The van der Waals surface area contributed by atoms with E-state index in [1.165, 1.54) is 0 Å². The van der Waals surface area contributed by atoms with E-state index in [0.29, 0.717) is 17.5 Å². The molecule has 5 heteroatoms. The number of methoxy groups -OCH3 is 1. The van der Waals surface area contributed by atoms with Crippen LogP contribution in [0.25, 0.3) is 0 Å². The van der Waals surface area contributed by atoms with Crippen LogP contribution in [0.5, 0.6) is 5.75 Å². The number of para-hydroxylation sites is 2. The monoisotopic (exact) mass is 263 g/mol. The third-order valence-corrected chi connectivity index (χ3v) is 3.35. The molecule has 3 N–H and O–H groups in total. The van der Waals surface area contributed by atoms with Crippen LogP contribution >= 0.6 is 0 Å². The first-order valence-electron chi connectivity index (χ1n) is 6.63. The maximum atomic E-state index is 11.9. The predicted molar refractivity (Wildman–Crippen MR) is 75.6 cm³/mol. The Balaban J connectivity index is 1.87. The third-order valence-electron chi connectivity index (χ3n) is 3.35. The van der Waals surface area contributed by atoms with Crippen molar-refractivity contribution in [3.05, 3.63) is 24.3 Å². The Hall–Kier alpha value is -1.75. The van der Waals surface area contributed by atoms with Crippen LogP contribution in [0.4, 0.5) is 10.5 Å². The zero-order valence-corrected chi connectivity index (χ0v) is 11.4. The molecular weight excluding hydrogens is 242 g/mol. The van der Waals surface area contributed by atoms with Crippen molar-refractivity contribution < 1.29 is 9.53 Å². The minimum atomic E-state index is -0.189. The average Bonchev–Trinajstić information content (AvgIpc) is 2.42. The summed E-state index contributed by atoms with van der Waals surface area (Å²) in [5.74, 6) is 0.660. The summed E-state index contributed by atoms with van der Waals surface area (Å²) in [6.07, 6.45) is 2.09. The van der Waals surface area contributed by atoms with E-state index in [2.05, 4.69) is 22.9 Å².